The molecule has 0 spiro atoms. The maximum absolute atomic E-state index is 12.9. The number of nitrogens with zero attached hydrogens (tertiary/aromatic N) is 1. The highest BCUT2D eigenvalue weighted by Crippen LogP contribution is 2.35. The van der Waals surface area contributed by atoms with Crippen LogP contribution in [-0.4, -0.2) is 40.5 Å². The van der Waals surface area contributed by atoms with Gasteiger partial charge in [-0.25, -0.2) is 13.6 Å². The maximum atomic E-state index is 12.9. The first kappa shape index (κ1) is 16.7. The summed E-state index contributed by atoms with van der Waals surface area (Å²) >= 11 is 0. The number of sulfonamides is 1. The third-order valence-corrected chi connectivity index (χ3v) is 3.45. The molecule has 0 aliphatic rings. The quantitative estimate of drug-likeness (QED) is 0.860. The van der Waals surface area contributed by atoms with Crippen LogP contribution < -0.4 is 10.5 Å². The molecule has 0 amide bonds. The van der Waals surface area contributed by atoms with Crippen LogP contribution in [0.3, 0.4) is 0 Å². The standard InChI is InChI=1S/C11H16F3N3O2S/c1-17(2)6-5-16-8-3-4-10(20(15,18)19)9(7-8)11(12,13)14/h3-4,7,16H,5-6H2,1-2H3,(H2,15,18,19). The number of halogens is 3. The number of nitrogens with one attached hydrogen (secondary N) is 1. The molecule has 20 heavy (non-hydrogen) atoms. The number of rotatable bonds is 5. The second-order valence-corrected chi connectivity index (χ2v) is 6.01. The summed E-state index contributed by atoms with van der Waals surface area (Å²) in [6, 6.07) is 2.86. The summed E-state index contributed by atoms with van der Waals surface area (Å²) in [6.45, 7) is 1.05. The Morgan fingerprint density at radius 1 is 1.30 bits per heavy atom. The molecule has 0 atom stereocenters. The summed E-state index contributed by atoms with van der Waals surface area (Å²) < 4.78 is 60.9. The monoisotopic (exact) mass is 311 g/mol. The number of anilines is 1. The Kier molecular flexibility index (Phi) is 5.00. The van der Waals surface area contributed by atoms with Gasteiger partial charge in [-0.1, -0.05) is 0 Å². The van der Waals surface area contributed by atoms with Crippen LogP contribution >= 0.6 is 0 Å². The Balaban J connectivity index is 3.10. The van der Waals surface area contributed by atoms with Crippen molar-refractivity contribution in [1.29, 1.82) is 0 Å². The van der Waals surface area contributed by atoms with Gasteiger partial charge < -0.3 is 10.2 Å². The molecule has 0 bridgehead atoms. The Morgan fingerprint density at radius 2 is 1.90 bits per heavy atom. The summed E-state index contributed by atoms with van der Waals surface area (Å²) in [4.78, 5) is 0.930. The lowest BCUT2D eigenvalue weighted by atomic mass is 10.2. The lowest BCUT2D eigenvalue weighted by molar-refractivity contribution is -0.139. The van der Waals surface area contributed by atoms with Crippen LogP contribution in [0.5, 0.6) is 0 Å². The topological polar surface area (TPSA) is 75.4 Å². The van der Waals surface area contributed by atoms with E-state index in [-0.39, 0.29) is 5.69 Å². The van der Waals surface area contributed by atoms with Crippen molar-refractivity contribution in [2.75, 3.05) is 32.5 Å². The molecule has 0 aromatic heterocycles. The molecule has 1 aromatic rings. The van der Waals surface area contributed by atoms with Gasteiger partial charge in [0.05, 0.1) is 10.5 Å². The first-order valence-electron chi connectivity index (χ1n) is 5.64. The average molecular weight is 311 g/mol. The summed E-state index contributed by atoms with van der Waals surface area (Å²) in [6.07, 6.45) is -4.79. The summed E-state index contributed by atoms with van der Waals surface area (Å²) in [7, 11) is -0.771. The highest BCUT2D eigenvalue weighted by atomic mass is 32.2. The van der Waals surface area contributed by atoms with Crippen molar-refractivity contribution >= 4 is 15.7 Å². The van der Waals surface area contributed by atoms with E-state index in [0.717, 1.165) is 12.1 Å². The Hall–Kier alpha value is -1.32. The van der Waals surface area contributed by atoms with E-state index in [0.29, 0.717) is 13.1 Å². The highest BCUT2D eigenvalue weighted by molar-refractivity contribution is 7.89. The van der Waals surface area contributed by atoms with Crippen molar-refractivity contribution in [2.24, 2.45) is 5.14 Å². The van der Waals surface area contributed by atoms with Crippen molar-refractivity contribution in [1.82, 2.24) is 4.90 Å². The van der Waals surface area contributed by atoms with Crippen molar-refractivity contribution < 1.29 is 21.6 Å². The predicted octanol–water partition coefficient (Wildman–Crippen LogP) is 1.33. The number of primary sulfonamides is 1. The minimum Gasteiger partial charge on any atom is -0.384 e. The van der Waals surface area contributed by atoms with Crippen molar-refractivity contribution in [3.05, 3.63) is 23.8 Å². The summed E-state index contributed by atoms with van der Waals surface area (Å²) in [5, 5.41) is 7.58. The van der Waals surface area contributed by atoms with Crippen LogP contribution in [0, 0.1) is 0 Å². The second-order valence-electron chi connectivity index (χ2n) is 4.48. The SMILES string of the molecule is CN(C)CCNc1ccc(S(N)(=O)=O)c(C(F)(F)F)c1. The Labute approximate surface area is 115 Å². The highest BCUT2D eigenvalue weighted by Gasteiger charge is 2.36. The van der Waals surface area contributed by atoms with Crippen LogP contribution in [0.1, 0.15) is 5.56 Å². The molecular formula is C11H16F3N3O2S. The van der Waals surface area contributed by atoms with Crippen LogP contribution in [0.25, 0.3) is 0 Å². The van der Waals surface area contributed by atoms with Crippen LogP contribution in [0.2, 0.25) is 0 Å². The fourth-order valence-electron chi connectivity index (χ4n) is 1.53. The molecule has 0 saturated heterocycles. The third-order valence-electron chi connectivity index (χ3n) is 2.48. The van der Waals surface area contributed by atoms with E-state index in [1.165, 1.54) is 6.07 Å². The van der Waals surface area contributed by atoms with E-state index < -0.39 is 26.7 Å². The van der Waals surface area contributed by atoms with Gasteiger partial charge in [-0.15, -0.1) is 0 Å². The summed E-state index contributed by atoms with van der Waals surface area (Å²) in [5.74, 6) is 0. The van der Waals surface area contributed by atoms with E-state index in [4.69, 9.17) is 5.14 Å². The number of likely N-dealkylation sites (N-methyl/N-ethyl adjacent to an activating group) is 1. The van der Waals surface area contributed by atoms with Crippen LogP contribution in [-0.2, 0) is 16.2 Å². The number of nitrogens with two attached hydrogens (primary N) is 1. The lowest BCUT2D eigenvalue weighted by Crippen LogP contribution is -2.22. The number of hydrogen-bond acceptors (Lipinski definition) is 4. The molecule has 3 N–H and O–H groups in total. The minimum atomic E-state index is -4.79. The zero-order chi connectivity index (χ0) is 15.6. The summed E-state index contributed by atoms with van der Waals surface area (Å²) in [5.41, 5.74) is -1.08. The van der Waals surface area contributed by atoms with E-state index in [9.17, 15) is 21.6 Å². The number of benzene rings is 1. The first-order chi connectivity index (χ1) is 9.01. The van der Waals surface area contributed by atoms with E-state index in [1.54, 1.807) is 0 Å². The molecule has 1 aromatic carbocycles. The van der Waals surface area contributed by atoms with Gasteiger partial charge in [-0.2, -0.15) is 13.2 Å². The normalized spacial score (nSPS) is 12.8. The number of hydrogen-bond donors (Lipinski definition) is 2. The van der Waals surface area contributed by atoms with Gasteiger partial charge in [0.15, 0.2) is 0 Å². The van der Waals surface area contributed by atoms with Crippen molar-refractivity contribution in [2.45, 2.75) is 11.1 Å². The second kappa shape index (κ2) is 5.98. The minimum absolute atomic E-state index is 0.187. The van der Waals surface area contributed by atoms with Gasteiger partial charge >= 0.3 is 6.18 Å². The fraction of sp³-hybridized carbons (Fsp3) is 0.455. The maximum Gasteiger partial charge on any atom is 0.417 e. The molecule has 0 unspecified atom stereocenters. The Morgan fingerprint density at radius 3 is 2.35 bits per heavy atom. The van der Waals surface area contributed by atoms with Gasteiger partial charge in [0.1, 0.15) is 0 Å². The molecule has 0 saturated carbocycles. The molecule has 0 aliphatic carbocycles. The molecule has 0 aliphatic heterocycles. The fourth-order valence-corrected chi connectivity index (χ4v) is 2.27. The molecule has 9 heteroatoms. The van der Waals surface area contributed by atoms with E-state index >= 15 is 0 Å². The molecule has 5 nitrogen and oxygen atoms in total. The Bertz CT molecular complexity index is 571. The average Bonchev–Trinajstić information content (AvgIpc) is 2.25. The number of alkyl halides is 3. The smallest absolute Gasteiger partial charge is 0.384 e. The molecule has 0 radical (unpaired) electrons. The largest absolute Gasteiger partial charge is 0.417 e. The molecular weight excluding hydrogens is 295 g/mol. The molecule has 0 heterocycles. The van der Waals surface area contributed by atoms with Gasteiger partial charge in [-0.3, -0.25) is 0 Å². The van der Waals surface area contributed by atoms with Crippen LogP contribution in [0.15, 0.2) is 23.1 Å². The zero-order valence-electron chi connectivity index (χ0n) is 11.0. The molecule has 1 rings (SSSR count). The van der Waals surface area contributed by atoms with Crippen molar-refractivity contribution in [3.63, 3.8) is 0 Å². The lowest BCUT2D eigenvalue weighted by Gasteiger charge is -2.15. The predicted molar refractivity (Wildman–Crippen MR) is 69.9 cm³/mol. The van der Waals surface area contributed by atoms with Crippen molar-refractivity contribution in [3.8, 4) is 0 Å². The van der Waals surface area contributed by atoms with Gasteiger partial charge in [0.25, 0.3) is 0 Å². The first-order valence-corrected chi connectivity index (χ1v) is 7.19. The zero-order valence-corrected chi connectivity index (χ0v) is 11.8. The van der Waals surface area contributed by atoms with Gasteiger partial charge in [0, 0.05) is 18.8 Å². The van der Waals surface area contributed by atoms with Gasteiger partial charge in [-0.05, 0) is 32.3 Å². The third kappa shape index (κ3) is 4.66. The van der Waals surface area contributed by atoms with Gasteiger partial charge in [0.2, 0.25) is 10.0 Å². The van der Waals surface area contributed by atoms with Crippen LogP contribution in [0.4, 0.5) is 18.9 Å². The molecule has 114 valence electrons. The van der Waals surface area contributed by atoms with E-state index in [2.05, 4.69) is 5.32 Å². The molecule has 0 fully saturated rings. The van der Waals surface area contributed by atoms with E-state index in [1.807, 2.05) is 19.0 Å².